The second-order valence-corrected chi connectivity index (χ2v) is 6.28. The third-order valence-electron chi connectivity index (χ3n) is 4.65. The Hall–Kier alpha value is -1.06. The highest BCUT2D eigenvalue weighted by molar-refractivity contribution is 5.40. The number of nitrogens with zero attached hydrogens (tertiary/aromatic N) is 1. The highest BCUT2D eigenvalue weighted by Crippen LogP contribution is 2.31. The van der Waals surface area contributed by atoms with Crippen molar-refractivity contribution >= 4 is 0 Å². The van der Waals surface area contributed by atoms with Crippen LogP contribution in [0.25, 0.3) is 0 Å². The minimum Gasteiger partial charge on any atom is -0.488 e. The van der Waals surface area contributed by atoms with Gasteiger partial charge in [0.1, 0.15) is 11.9 Å². The van der Waals surface area contributed by atoms with E-state index in [1.54, 1.807) is 0 Å². The lowest BCUT2D eigenvalue weighted by molar-refractivity contribution is 0.120. The van der Waals surface area contributed by atoms with Crippen molar-refractivity contribution < 1.29 is 4.74 Å². The molecule has 1 saturated carbocycles. The van der Waals surface area contributed by atoms with E-state index in [-0.39, 0.29) is 0 Å². The fourth-order valence-electron chi connectivity index (χ4n) is 3.67. The number of hydrogen-bond acceptors (Lipinski definition) is 3. The number of rotatable bonds is 5. The van der Waals surface area contributed by atoms with Crippen molar-refractivity contribution in [1.29, 1.82) is 0 Å². The molecule has 0 amide bonds. The molecule has 3 heteroatoms. The van der Waals surface area contributed by atoms with Gasteiger partial charge in [0, 0.05) is 32.1 Å². The molecule has 1 aromatic rings. The molecule has 3 rings (SSSR count). The van der Waals surface area contributed by atoms with Crippen LogP contribution in [-0.4, -0.2) is 36.7 Å². The Morgan fingerprint density at radius 3 is 2.85 bits per heavy atom. The third kappa shape index (κ3) is 2.99. The molecule has 1 heterocycles. The van der Waals surface area contributed by atoms with Gasteiger partial charge < -0.3 is 10.5 Å². The molecule has 2 N–H and O–H groups in total. The van der Waals surface area contributed by atoms with Gasteiger partial charge in [-0.15, -0.1) is 0 Å². The topological polar surface area (TPSA) is 38.5 Å². The van der Waals surface area contributed by atoms with Crippen LogP contribution in [0.2, 0.25) is 0 Å². The van der Waals surface area contributed by atoms with Gasteiger partial charge in [-0.3, -0.25) is 4.90 Å². The SMILES string of the molecule is Cc1ccc2c(c1)CC(CN(CCN)C1CCCC1)O2. The fraction of sp³-hybridized carbons (Fsp3) is 0.647. The maximum Gasteiger partial charge on any atom is 0.123 e. The highest BCUT2D eigenvalue weighted by Gasteiger charge is 2.29. The predicted molar refractivity (Wildman–Crippen MR) is 82.2 cm³/mol. The molecule has 1 aliphatic heterocycles. The van der Waals surface area contributed by atoms with Crippen LogP contribution in [0.15, 0.2) is 18.2 Å². The first kappa shape index (κ1) is 13.9. The Balaban J connectivity index is 1.62. The molecule has 2 aliphatic rings. The first-order chi connectivity index (χ1) is 9.76. The molecule has 0 spiro atoms. The highest BCUT2D eigenvalue weighted by atomic mass is 16.5. The van der Waals surface area contributed by atoms with Crippen LogP contribution in [0.1, 0.15) is 36.8 Å². The van der Waals surface area contributed by atoms with E-state index in [0.29, 0.717) is 6.10 Å². The fourth-order valence-corrected chi connectivity index (χ4v) is 3.67. The van der Waals surface area contributed by atoms with Gasteiger partial charge in [-0.05, 0) is 31.4 Å². The summed E-state index contributed by atoms with van der Waals surface area (Å²) in [5.41, 5.74) is 8.48. The van der Waals surface area contributed by atoms with Gasteiger partial charge in [-0.25, -0.2) is 0 Å². The van der Waals surface area contributed by atoms with Crippen LogP contribution >= 0.6 is 0 Å². The monoisotopic (exact) mass is 274 g/mol. The maximum atomic E-state index is 6.12. The van der Waals surface area contributed by atoms with Gasteiger partial charge in [-0.1, -0.05) is 30.5 Å². The van der Waals surface area contributed by atoms with Crippen LogP contribution < -0.4 is 10.5 Å². The van der Waals surface area contributed by atoms with Crippen LogP contribution in [0.4, 0.5) is 0 Å². The van der Waals surface area contributed by atoms with Crippen molar-refractivity contribution in [3.05, 3.63) is 29.3 Å². The molecule has 110 valence electrons. The Kier molecular flexibility index (Phi) is 4.27. The van der Waals surface area contributed by atoms with Crippen LogP contribution in [0.3, 0.4) is 0 Å². The second kappa shape index (κ2) is 6.15. The number of fused-ring (bicyclic) bond motifs is 1. The Bertz CT molecular complexity index is 454. The molecule has 20 heavy (non-hydrogen) atoms. The summed E-state index contributed by atoms with van der Waals surface area (Å²) in [5, 5.41) is 0. The zero-order chi connectivity index (χ0) is 13.9. The van der Waals surface area contributed by atoms with Gasteiger partial charge in [0.05, 0.1) is 0 Å². The third-order valence-corrected chi connectivity index (χ3v) is 4.65. The van der Waals surface area contributed by atoms with Crippen molar-refractivity contribution in [2.24, 2.45) is 5.73 Å². The van der Waals surface area contributed by atoms with E-state index in [4.69, 9.17) is 10.5 Å². The largest absolute Gasteiger partial charge is 0.488 e. The molecule has 0 aromatic heterocycles. The van der Waals surface area contributed by atoms with E-state index in [9.17, 15) is 0 Å². The minimum absolute atomic E-state index is 0.305. The quantitative estimate of drug-likeness (QED) is 0.896. The van der Waals surface area contributed by atoms with Crippen molar-refractivity contribution in [3.63, 3.8) is 0 Å². The lowest BCUT2D eigenvalue weighted by Gasteiger charge is -2.30. The van der Waals surface area contributed by atoms with Crippen molar-refractivity contribution in [2.75, 3.05) is 19.6 Å². The molecule has 1 fully saturated rings. The summed E-state index contributed by atoms with van der Waals surface area (Å²) in [5.74, 6) is 1.08. The predicted octanol–water partition coefficient (Wildman–Crippen LogP) is 2.50. The van der Waals surface area contributed by atoms with Gasteiger partial charge >= 0.3 is 0 Å². The van der Waals surface area contributed by atoms with E-state index in [0.717, 1.165) is 37.8 Å². The van der Waals surface area contributed by atoms with E-state index < -0.39 is 0 Å². The lowest BCUT2D eigenvalue weighted by atomic mass is 10.1. The van der Waals surface area contributed by atoms with Gasteiger partial charge in [0.15, 0.2) is 0 Å². The van der Waals surface area contributed by atoms with Crippen molar-refractivity contribution in [3.8, 4) is 5.75 Å². The Morgan fingerprint density at radius 2 is 2.10 bits per heavy atom. The standard InChI is InChI=1S/C17H26N2O/c1-13-6-7-17-14(10-13)11-16(20-17)12-19(9-8-18)15-4-2-3-5-15/h6-7,10,15-16H,2-5,8-9,11-12,18H2,1H3. The zero-order valence-electron chi connectivity index (χ0n) is 12.5. The summed E-state index contributed by atoms with van der Waals surface area (Å²) >= 11 is 0. The van der Waals surface area contributed by atoms with E-state index in [1.807, 2.05) is 0 Å². The molecular weight excluding hydrogens is 248 g/mol. The molecule has 0 radical (unpaired) electrons. The molecule has 1 unspecified atom stereocenters. The van der Waals surface area contributed by atoms with Gasteiger partial charge in [-0.2, -0.15) is 0 Å². The number of aryl methyl sites for hydroxylation is 1. The molecule has 1 atom stereocenters. The number of ether oxygens (including phenoxy) is 1. The van der Waals surface area contributed by atoms with E-state index in [1.165, 1.54) is 36.8 Å². The van der Waals surface area contributed by atoms with Gasteiger partial charge in [0.2, 0.25) is 0 Å². The van der Waals surface area contributed by atoms with E-state index in [2.05, 4.69) is 30.0 Å². The van der Waals surface area contributed by atoms with Crippen molar-refractivity contribution in [2.45, 2.75) is 51.2 Å². The number of nitrogens with two attached hydrogens (primary N) is 1. The number of hydrogen-bond donors (Lipinski definition) is 1. The molecule has 1 aromatic carbocycles. The first-order valence-corrected chi connectivity index (χ1v) is 7.96. The summed E-state index contributed by atoms with van der Waals surface area (Å²) in [6.45, 7) is 4.91. The zero-order valence-corrected chi connectivity index (χ0v) is 12.5. The van der Waals surface area contributed by atoms with E-state index >= 15 is 0 Å². The lowest BCUT2D eigenvalue weighted by Crippen LogP contribution is -2.43. The molecule has 1 aliphatic carbocycles. The number of benzene rings is 1. The van der Waals surface area contributed by atoms with Crippen LogP contribution in [-0.2, 0) is 6.42 Å². The Morgan fingerprint density at radius 1 is 1.30 bits per heavy atom. The molecule has 0 bridgehead atoms. The smallest absolute Gasteiger partial charge is 0.123 e. The second-order valence-electron chi connectivity index (χ2n) is 6.28. The molecule has 3 nitrogen and oxygen atoms in total. The van der Waals surface area contributed by atoms with Crippen LogP contribution in [0.5, 0.6) is 5.75 Å². The summed E-state index contributed by atoms with van der Waals surface area (Å²) in [6, 6.07) is 7.24. The average molecular weight is 274 g/mol. The summed E-state index contributed by atoms with van der Waals surface area (Å²) in [7, 11) is 0. The first-order valence-electron chi connectivity index (χ1n) is 7.96. The normalized spacial score (nSPS) is 22.2. The average Bonchev–Trinajstić information content (AvgIpc) is 3.06. The Labute approximate surface area is 122 Å². The summed E-state index contributed by atoms with van der Waals surface area (Å²) in [4.78, 5) is 2.57. The molecule has 0 saturated heterocycles. The summed E-state index contributed by atoms with van der Waals surface area (Å²) < 4.78 is 6.12. The van der Waals surface area contributed by atoms with Gasteiger partial charge in [0.25, 0.3) is 0 Å². The molecular formula is C17H26N2O. The van der Waals surface area contributed by atoms with Crippen molar-refractivity contribution in [1.82, 2.24) is 4.90 Å². The van der Waals surface area contributed by atoms with Crippen LogP contribution in [0, 0.1) is 6.92 Å². The summed E-state index contributed by atoms with van der Waals surface area (Å²) in [6.07, 6.45) is 6.76. The minimum atomic E-state index is 0.305. The maximum absolute atomic E-state index is 6.12.